The zero-order valence-electron chi connectivity index (χ0n) is 11.4. The number of aromatic nitrogens is 3. The number of fused-ring (bicyclic) bond motifs is 1. The summed E-state index contributed by atoms with van der Waals surface area (Å²) in [6, 6.07) is 13.3. The standard InChI is InChI=1S/C15H13N5O/c1-21-13-4-2-11(3-5-13)10-17-15-8-12(9-16)19-14-6-7-18-20(14)15/h2-8,17H,10H2,1H3. The maximum Gasteiger partial charge on any atom is 0.158 e. The SMILES string of the molecule is COc1ccc(CNc2cc(C#N)nc3ccnn23)cc1. The van der Waals surface area contributed by atoms with Crippen molar-refractivity contribution < 1.29 is 4.74 Å². The van der Waals surface area contributed by atoms with Crippen LogP contribution in [-0.2, 0) is 6.54 Å². The Morgan fingerprint density at radius 3 is 2.81 bits per heavy atom. The van der Waals surface area contributed by atoms with Crippen molar-refractivity contribution in [3.63, 3.8) is 0 Å². The van der Waals surface area contributed by atoms with E-state index in [1.807, 2.05) is 24.3 Å². The van der Waals surface area contributed by atoms with E-state index in [9.17, 15) is 0 Å². The van der Waals surface area contributed by atoms with Gasteiger partial charge in [0.25, 0.3) is 0 Å². The van der Waals surface area contributed by atoms with Gasteiger partial charge >= 0.3 is 0 Å². The third kappa shape index (κ3) is 2.62. The molecule has 1 aromatic carbocycles. The molecule has 0 bridgehead atoms. The lowest BCUT2D eigenvalue weighted by atomic mass is 10.2. The lowest BCUT2D eigenvalue weighted by molar-refractivity contribution is 0.414. The molecule has 0 aliphatic rings. The Morgan fingerprint density at radius 1 is 1.29 bits per heavy atom. The summed E-state index contributed by atoms with van der Waals surface area (Å²) in [7, 11) is 1.64. The second kappa shape index (κ2) is 5.51. The van der Waals surface area contributed by atoms with E-state index in [-0.39, 0.29) is 0 Å². The van der Waals surface area contributed by atoms with Gasteiger partial charge in [0, 0.05) is 18.7 Å². The first kappa shape index (κ1) is 12.9. The fourth-order valence-corrected chi connectivity index (χ4v) is 2.03. The van der Waals surface area contributed by atoms with Crippen molar-refractivity contribution in [1.29, 1.82) is 5.26 Å². The maximum absolute atomic E-state index is 9.02. The second-order valence-corrected chi connectivity index (χ2v) is 4.44. The molecule has 0 aliphatic heterocycles. The summed E-state index contributed by atoms with van der Waals surface area (Å²) in [6.45, 7) is 0.619. The van der Waals surface area contributed by atoms with Crippen molar-refractivity contribution in [2.45, 2.75) is 6.54 Å². The number of nitriles is 1. The molecule has 3 aromatic rings. The van der Waals surface area contributed by atoms with Crippen molar-refractivity contribution in [1.82, 2.24) is 14.6 Å². The molecule has 0 unspecified atom stereocenters. The molecule has 0 atom stereocenters. The summed E-state index contributed by atoms with van der Waals surface area (Å²) in [5.41, 5.74) is 2.11. The monoisotopic (exact) mass is 279 g/mol. The predicted molar refractivity (Wildman–Crippen MR) is 78.0 cm³/mol. The van der Waals surface area contributed by atoms with Gasteiger partial charge in [-0.25, -0.2) is 4.98 Å². The lowest BCUT2D eigenvalue weighted by Crippen LogP contribution is -2.06. The van der Waals surface area contributed by atoms with Crippen LogP contribution in [0.15, 0.2) is 42.6 Å². The van der Waals surface area contributed by atoms with Crippen molar-refractivity contribution in [3.05, 3.63) is 53.9 Å². The quantitative estimate of drug-likeness (QED) is 0.792. The minimum atomic E-state index is 0.361. The van der Waals surface area contributed by atoms with Gasteiger partial charge in [0.05, 0.1) is 13.3 Å². The van der Waals surface area contributed by atoms with Gasteiger partial charge in [-0.2, -0.15) is 14.9 Å². The molecule has 104 valence electrons. The van der Waals surface area contributed by atoms with E-state index in [4.69, 9.17) is 10.00 Å². The molecule has 0 saturated heterocycles. The highest BCUT2D eigenvalue weighted by Gasteiger charge is 2.06. The van der Waals surface area contributed by atoms with E-state index >= 15 is 0 Å². The molecule has 3 rings (SSSR count). The number of benzene rings is 1. The average molecular weight is 279 g/mol. The summed E-state index contributed by atoms with van der Waals surface area (Å²) in [5.74, 6) is 1.56. The summed E-state index contributed by atoms with van der Waals surface area (Å²) in [6.07, 6.45) is 1.65. The van der Waals surface area contributed by atoms with E-state index in [1.54, 1.807) is 30.0 Å². The van der Waals surface area contributed by atoms with Crippen LogP contribution in [0.1, 0.15) is 11.3 Å². The van der Waals surface area contributed by atoms with Crippen molar-refractivity contribution in [3.8, 4) is 11.8 Å². The topological polar surface area (TPSA) is 75.2 Å². The molecule has 1 N–H and O–H groups in total. The number of anilines is 1. The maximum atomic E-state index is 9.02. The largest absolute Gasteiger partial charge is 0.497 e. The van der Waals surface area contributed by atoms with Gasteiger partial charge in [-0.15, -0.1) is 0 Å². The highest BCUT2D eigenvalue weighted by molar-refractivity contribution is 5.51. The van der Waals surface area contributed by atoms with Crippen LogP contribution in [0.4, 0.5) is 5.82 Å². The second-order valence-electron chi connectivity index (χ2n) is 4.44. The molecule has 21 heavy (non-hydrogen) atoms. The third-order valence-corrected chi connectivity index (χ3v) is 3.11. The van der Waals surface area contributed by atoms with Gasteiger partial charge in [-0.3, -0.25) is 0 Å². The van der Waals surface area contributed by atoms with E-state index in [0.717, 1.165) is 17.1 Å². The number of rotatable bonds is 4. The molecule has 6 heteroatoms. The smallest absolute Gasteiger partial charge is 0.158 e. The Labute approximate surface area is 121 Å². The van der Waals surface area contributed by atoms with Crippen LogP contribution in [0.2, 0.25) is 0 Å². The Balaban J connectivity index is 1.84. The predicted octanol–water partition coefficient (Wildman–Crippen LogP) is 2.22. The molecular weight excluding hydrogens is 266 g/mol. The number of hydrogen-bond acceptors (Lipinski definition) is 5. The number of nitrogens with one attached hydrogen (secondary N) is 1. The van der Waals surface area contributed by atoms with Gasteiger partial charge in [-0.1, -0.05) is 12.1 Å². The number of nitrogens with zero attached hydrogens (tertiary/aromatic N) is 4. The number of ether oxygens (including phenoxy) is 1. The molecule has 0 aliphatic carbocycles. The zero-order valence-corrected chi connectivity index (χ0v) is 11.4. The first-order chi connectivity index (χ1) is 10.3. The molecule has 2 heterocycles. The minimum Gasteiger partial charge on any atom is -0.497 e. The van der Waals surface area contributed by atoms with Crippen LogP contribution in [0.5, 0.6) is 5.75 Å². The van der Waals surface area contributed by atoms with E-state index in [0.29, 0.717) is 17.9 Å². The van der Waals surface area contributed by atoms with Gasteiger partial charge in [0.1, 0.15) is 23.3 Å². The third-order valence-electron chi connectivity index (χ3n) is 3.11. The summed E-state index contributed by atoms with van der Waals surface area (Å²) in [5, 5.41) is 16.5. The molecule has 0 spiro atoms. The number of hydrogen-bond donors (Lipinski definition) is 1. The fourth-order valence-electron chi connectivity index (χ4n) is 2.03. The van der Waals surface area contributed by atoms with E-state index < -0.39 is 0 Å². The first-order valence-electron chi connectivity index (χ1n) is 6.42. The molecule has 2 aromatic heterocycles. The molecule has 6 nitrogen and oxygen atoms in total. The normalized spacial score (nSPS) is 10.3. The van der Waals surface area contributed by atoms with Gasteiger partial charge in [-0.05, 0) is 17.7 Å². The van der Waals surface area contributed by atoms with Gasteiger partial charge in [0.2, 0.25) is 0 Å². The van der Waals surface area contributed by atoms with Crippen molar-refractivity contribution in [2.24, 2.45) is 0 Å². The Hall–Kier alpha value is -3.07. The van der Waals surface area contributed by atoms with E-state index in [1.165, 1.54) is 0 Å². The minimum absolute atomic E-state index is 0.361. The number of methoxy groups -OCH3 is 1. The summed E-state index contributed by atoms with van der Waals surface area (Å²) in [4.78, 5) is 4.17. The Kier molecular flexibility index (Phi) is 3.39. The van der Waals surface area contributed by atoms with Crippen molar-refractivity contribution in [2.75, 3.05) is 12.4 Å². The highest BCUT2D eigenvalue weighted by atomic mass is 16.5. The Morgan fingerprint density at radius 2 is 2.10 bits per heavy atom. The van der Waals surface area contributed by atoms with E-state index in [2.05, 4.69) is 21.5 Å². The average Bonchev–Trinajstić information content (AvgIpc) is 3.01. The summed E-state index contributed by atoms with van der Waals surface area (Å²) < 4.78 is 6.80. The highest BCUT2D eigenvalue weighted by Crippen LogP contribution is 2.15. The van der Waals surface area contributed by atoms with Crippen LogP contribution in [0.3, 0.4) is 0 Å². The molecule has 0 amide bonds. The Bertz CT molecular complexity index is 801. The van der Waals surface area contributed by atoms with Crippen LogP contribution in [-0.4, -0.2) is 21.7 Å². The van der Waals surface area contributed by atoms with Crippen LogP contribution in [0.25, 0.3) is 5.65 Å². The fraction of sp³-hybridized carbons (Fsp3) is 0.133. The lowest BCUT2D eigenvalue weighted by Gasteiger charge is -2.09. The van der Waals surface area contributed by atoms with Gasteiger partial charge in [0.15, 0.2) is 5.65 Å². The molecular formula is C15H13N5O. The summed E-state index contributed by atoms with van der Waals surface area (Å²) >= 11 is 0. The first-order valence-corrected chi connectivity index (χ1v) is 6.42. The van der Waals surface area contributed by atoms with Crippen LogP contribution < -0.4 is 10.1 Å². The van der Waals surface area contributed by atoms with Gasteiger partial charge < -0.3 is 10.1 Å². The van der Waals surface area contributed by atoms with Crippen LogP contribution in [0, 0.1) is 11.3 Å². The zero-order chi connectivity index (χ0) is 14.7. The molecule has 0 radical (unpaired) electrons. The van der Waals surface area contributed by atoms with Crippen LogP contribution >= 0.6 is 0 Å². The molecule has 0 fully saturated rings. The molecule has 0 saturated carbocycles. The van der Waals surface area contributed by atoms with Crippen molar-refractivity contribution >= 4 is 11.5 Å².